The monoisotopic (exact) mass is 472 g/mol. The number of carboxylic acids is 1. The Morgan fingerprint density at radius 2 is 1.24 bits per heavy atom. The summed E-state index contributed by atoms with van der Waals surface area (Å²) in [6.07, 6.45) is 7.05. The molecule has 0 aliphatic rings. The molecule has 0 aliphatic carbocycles. The van der Waals surface area contributed by atoms with Crippen molar-refractivity contribution < 1.29 is 19.2 Å². The van der Waals surface area contributed by atoms with Crippen molar-refractivity contribution in [3.63, 3.8) is 0 Å². The van der Waals surface area contributed by atoms with Crippen molar-refractivity contribution in [2.45, 2.75) is 76.0 Å². The summed E-state index contributed by atoms with van der Waals surface area (Å²) in [5.41, 5.74) is 0.918. The Hall–Kier alpha value is -1.98. The molecule has 0 amide bonds. The third-order valence-corrected chi connectivity index (χ3v) is 8.34. The molecule has 2 rings (SSSR count). The van der Waals surface area contributed by atoms with E-state index in [1.165, 1.54) is 5.56 Å². The third kappa shape index (κ3) is 8.38. The maximum Gasteiger partial charge on any atom is 0.313 e. The maximum absolute atomic E-state index is 12.3. The number of aliphatic hydroxyl groups excluding tert-OH is 1. The lowest BCUT2D eigenvalue weighted by Crippen LogP contribution is -2.32. The van der Waals surface area contributed by atoms with E-state index in [0.717, 1.165) is 56.3 Å². The van der Waals surface area contributed by atoms with E-state index in [4.69, 9.17) is 0 Å². The van der Waals surface area contributed by atoms with Crippen LogP contribution in [0, 0.1) is 0 Å². The van der Waals surface area contributed by atoms with Crippen LogP contribution >= 0.6 is 0 Å². The predicted molar refractivity (Wildman–Crippen MR) is 137 cm³/mol. The van der Waals surface area contributed by atoms with Crippen molar-refractivity contribution in [3.05, 3.63) is 71.8 Å². The van der Waals surface area contributed by atoms with Gasteiger partial charge in [0.2, 0.25) is 0 Å². The first kappa shape index (κ1) is 27.3. The Kier molecular flexibility index (Phi) is 11.3. The smallest absolute Gasteiger partial charge is 0.313 e. The van der Waals surface area contributed by atoms with Crippen LogP contribution in [0.4, 0.5) is 0 Å². The van der Waals surface area contributed by atoms with Gasteiger partial charge in [-0.25, -0.2) is 0 Å². The second-order valence-electron chi connectivity index (χ2n) is 9.56. The molecule has 0 radical (unpaired) electrons. The lowest BCUT2D eigenvalue weighted by atomic mass is 9.78. The number of benzene rings is 2. The van der Waals surface area contributed by atoms with Crippen LogP contribution < -0.4 is 0 Å². The fraction of sp³-hybridized carbons (Fsp3) is 0.536. The van der Waals surface area contributed by atoms with Gasteiger partial charge in [-0.2, -0.15) is 0 Å². The van der Waals surface area contributed by atoms with Crippen LogP contribution in [0.3, 0.4) is 0 Å². The van der Waals surface area contributed by atoms with Gasteiger partial charge in [0.15, 0.2) is 0 Å². The van der Waals surface area contributed by atoms with Gasteiger partial charge in [0.25, 0.3) is 0 Å². The lowest BCUT2D eigenvalue weighted by molar-refractivity contribution is -0.143. The Bertz CT molecular complexity index is 855. The molecule has 0 bridgehead atoms. The number of rotatable bonds is 16. The summed E-state index contributed by atoms with van der Waals surface area (Å²) in [4.78, 5) is 11.9. The van der Waals surface area contributed by atoms with Gasteiger partial charge < -0.3 is 10.2 Å². The van der Waals surface area contributed by atoms with E-state index in [1.54, 1.807) is 6.92 Å². The molecule has 2 aromatic carbocycles. The highest BCUT2D eigenvalue weighted by molar-refractivity contribution is 7.84. The molecule has 2 aromatic rings. The molecule has 5 heteroatoms. The number of aliphatic hydroxyl groups is 1. The second-order valence-corrected chi connectivity index (χ2v) is 11.3. The van der Waals surface area contributed by atoms with Crippen LogP contribution in [0.15, 0.2) is 60.7 Å². The molecule has 2 N–H and O–H groups in total. The first-order chi connectivity index (χ1) is 15.8. The Morgan fingerprint density at radius 1 is 0.758 bits per heavy atom. The van der Waals surface area contributed by atoms with Gasteiger partial charge in [-0.3, -0.25) is 9.00 Å². The summed E-state index contributed by atoms with van der Waals surface area (Å²) < 4.78 is 12.3. The van der Waals surface area contributed by atoms with Crippen LogP contribution in [0.5, 0.6) is 0 Å². The van der Waals surface area contributed by atoms with E-state index in [9.17, 15) is 19.2 Å². The van der Waals surface area contributed by atoms with E-state index in [-0.39, 0.29) is 12.0 Å². The molecule has 0 saturated heterocycles. The topological polar surface area (TPSA) is 74.6 Å². The number of hydrogen-bond donors (Lipinski definition) is 2. The standard InChI is InChI=1S/C28H40O4S/c1-27(23-29,24-15-7-3-8-16-24)19-11-5-13-21-33(32)22-14-6-12-20-28(2,26(30)31)25-17-9-4-10-18-25/h3-4,7-10,15-18,29H,5-6,11-14,19-23H2,1-2H3,(H,30,31). The summed E-state index contributed by atoms with van der Waals surface area (Å²) in [6, 6.07) is 19.6. The molecule has 4 nitrogen and oxygen atoms in total. The molecule has 33 heavy (non-hydrogen) atoms. The third-order valence-electron chi connectivity index (χ3n) is 6.85. The van der Waals surface area contributed by atoms with Gasteiger partial charge in [-0.15, -0.1) is 0 Å². The van der Waals surface area contributed by atoms with E-state index in [2.05, 4.69) is 19.1 Å². The van der Waals surface area contributed by atoms with Gasteiger partial charge in [0, 0.05) is 27.7 Å². The number of carbonyl (C=O) groups is 1. The summed E-state index contributed by atoms with van der Waals surface area (Å²) in [5.74, 6) is 0.618. The fourth-order valence-electron chi connectivity index (χ4n) is 4.31. The van der Waals surface area contributed by atoms with Gasteiger partial charge in [-0.05, 0) is 43.7 Å². The molecule has 3 unspecified atom stereocenters. The largest absolute Gasteiger partial charge is 0.481 e. The molecule has 0 aromatic heterocycles. The number of aliphatic carboxylic acids is 1. The minimum absolute atomic E-state index is 0.133. The van der Waals surface area contributed by atoms with Crippen LogP contribution in [0.25, 0.3) is 0 Å². The molecule has 0 aliphatic heterocycles. The average molecular weight is 473 g/mol. The summed E-state index contributed by atoms with van der Waals surface area (Å²) in [7, 11) is -0.818. The van der Waals surface area contributed by atoms with Crippen LogP contribution in [0.2, 0.25) is 0 Å². The Balaban J connectivity index is 1.61. The van der Waals surface area contributed by atoms with Gasteiger partial charge in [0.1, 0.15) is 0 Å². The molecule has 3 atom stereocenters. The molecule has 182 valence electrons. The van der Waals surface area contributed by atoms with Crippen molar-refractivity contribution >= 4 is 16.8 Å². The summed E-state index contributed by atoms with van der Waals surface area (Å²) in [5, 5.41) is 19.6. The van der Waals surface area contributed by atoms with Crippen molar-refractivity contribution in [1.82, 2.24) is 0 Å². The molecule has 0 fully saturated rings. The zero-order chi connectivity index (χ0) is 24.2. The van der Waals surface area contributed by atoms with Crippen LogP contribution in [-0.4, -0.2) is 38.5 Å². The normalized spacial score (nSPS) is 16.0. The highest BCUT2D eigenvalue weighted by Gasteiger charge is 2.34. The van der Waals surface area contributed by atoms with E-state index < -0.39 is 22.2 Å². The van der Waals surface area contributed by atoms with E-state index in [0.29, 0.717) is 12.2 Å². The Labute approximate surface area is 201 Å². The first-order valence-corrected chi connectivity index (χ1v) is 13.6. The highest BCUT2D eigenvalue weighted by atomic mass is 32.2. The van der Waals surface area contributed by atoms with E-state index >= 15 is 0 Å². The van der Waals surface area contributed by atoms with Gasteiger partial charge in [-0.1, -0.05) is 93.3 Å². The van der Waals surface area contributed by atoms with Crippen molar-refractivity contribution in [1.29, 1.82) is 0 Å². The van der Waals surface area contributed by atoms with E-state index in [1.807, 2.05) is 48.5 Å². The molecular weight excluding hydrogens is 432 g/mol. The van der Waals surface area contributed by atoms with Crippen LogP contribution in [0.1, 0.15) is 76.3 Å². The van der Waals surface area contributed by atoms with Crippen LogP contribution in [-0.2, 0) is 26.4 Å². The first-order valence-electron chi connectivity index (χ1n) is 12.1. The van der Waals surface area contributed by atoms with Crippen molar-refractivity contribution in [2.75, 3.05) is 18.1 Å². The molecular formula is C28H40O4S. The maximum atomic E-state index is 12.3. The summed E-state index contributed by atoms with van der Waals surface area (Å²) in [6.45, 7) is 4.03. The van der Waals surface area contributed by atoms with Gasteiger partial charge >= 0.3 is 5.97 Å². The quantitative estimate of drug-likeness (QED) is 0.301. The molecule has 0 spiro atoms. The van der Waals surface area contributed by atoms with Gasteiger partial charge in [0.05, 0.1) is 12.0 Å². The Morgan fingerprint density at radius 3 is 1.73 bits per heavy atom. The number of unbranched alkanes of at least 4 members (excludes halogenated alkanes) is 4. The minimum Gasteiger partial charge on any atom is -0.481 e. The lowest BCUT2D eigenvalue weighted by Gasteiger charge is -2.28. The number of carboxylic acid groups (broad SMARTS) is 1. The second kappa shape index (κ2) is 13.7. The zero-order valence-electron chi connectivity index (χ0n) is 20.2. The average Bonchev–Trinajstić information content (AvgIpc) is 2.84. The highest BCUT2D eigenvalue weighted by Crippen LogP contribution is 2.31. The summed E-state index contributed by atoms with van der Waals surface area (Å²) >= 11 is 0. The molecule has 0 saturated carbocycles. The zero-order valence-corrected chi connectivity index (χ0v) is 21.0. The number of hydrogen-bond acceptors (Lipinski definition) is 3. The predicted octanol–water partition coefficient (Wildman–Crippen LogP) is 5.85. The SMILES string of the molecule is CC(CO)(CCCCCS(=O)CCCCCC(C)(C(=O)O)c1ccccc1)c1ccccc1. The van der Waals surface area contributed by atoms with Crippen molar-refractivity contribution in [2.24, 2.45) is 0 Å². The van der Waals surface area contributed by atoms with Crippen molar-refractivity contribution in [3.8, 4) is 0 Å². The molecule has 0 heterocycles. The fourth-order valence-corrected chi connectivity index (χ4v) is 5.57. The minimum atomic E-state index is -0.872.